The largest absolute Gasteiger partial charge is 0.461 e. The van der Waals surface area contributed by atoms with Crippen molar-refractivity contribution in [2.45, 2.75) is 26.2 Å². The Bertz CT molecular complexity index is 1180. The first-order valence-corrected chi connectivity index (χ1v) is 11.6. The minimum atomic E-state index is -0.672. The molecule has 174 valence electrons. The van der Waals surface area contributed by atoms with Gasteiger partial charge in [0.05, 0.1) is 29.6 Å². The number of nitriles is 1. The predicted octanol–water partition coefficient (Wildman–Crippen LogP) is 5.40. The quantitative estimate of drug-likeness (QED) is 0.370. The van der Waals surface area contributed by atoms with Crippen LogP contribution in [0.2, 0.25) is 0 Å². The number of nitrogens with one attached hydrogen (secondary N) is 1. The lowest BCUT2D eigenvalue weighted by Crippen LogP contribution is -2.32. The van der Waals surface area contributed by atoms with E-state index in [1.807, 2.05) is 66.7 Å². The zero-order chi connectivity index (χ0) is 24.5. The highest BCUT2D eigenvalue weighted by Gasteiger charge is 2.37. The molecule has 1 aliphatic rings. The molecule has 2 aromatic rings. The molecular weight excluding hydrogens is 496 g/mol. The van der Waals surface area contributed by atoms with Crippen molar-refractivity contribution < 1.29 is 19.1 Å². The second-order valence-electron chi connectivity index (χ2n) is 7.64. The van der Waals surface area contributed by atoms with E-state index < -0.39 is 17.9 Å². The average molecular weight is 521 g/mol. The van der Waals surface area contributed by atoms with Gasteiger partial charge < -0.3 is 14.8 Å². The summed E-state index contributed by atoms with van der Waals surface area (Å²) in [6.07, 6.45) is 3.74. The zero-order valence-corrected chi connectivity index (χ0v) is 20.6. The molecule has 1 unspecified atom stereocenters. The van der Waals surface area contributed by atoms with Crippen LogP contribution in [-0.2, 0) is 19.1 Å². The second kappa shape index (κ2) is 12.0. The number of benzene rings is 2. The van der Waals surface area contributed by atoms with Gasteiger partial charge in [-0.3, -0.25) is 0 Å². The lowest BCUT2D eigenvalue weighted by atomic mass is 9.80. The maximum atomic E-state index is 13.2. The number of hydrogen-bond acceptors (Lipinski definition) is 6. The fraction of sp³-hybridized carbons (Fsp3) is 0.222. The summed E-state index contributed by atoms with van der Waals surface area (Å²) in [7, 11) is 0. The number of nitrogens with zero attached hydrogens (tertiary/aromatic N) is 1. The highest BCUT2D eigenvalue weighted by Crippen LogP contribution is 2.39. The molecule has 1 atom stereocenters. The molecule has 2 aromatic carbocycles. The standard InChI is InChI=1S/C27H25BrN2O4/c1-18-23(26(31)33-16-6-10-20-8-4-3-5-9-20)25(21-11-13-22(28)14-12-21)24(19(2)30-18)27(32)34-17-7-15-29/h3-6,8-14,25,30H,7,16-17H2,1-2H3. The number of carbonyl (C=O) groups is 2. The molecule has 0 saturated heterocycles. The van der Waals surface area contributed by atoms with Gasteiger partial charge in [-0.25, -0.2) is 9.59 Å². The Morgan fingerprint density at radius 3 is 2.24 bits per heavy atom. The molecule has 0 radical (unpaired) electrons. The van der Waals surface area contributed by atoms with Crippen molar-refractivity contribution in [2.75, 3.05) is 13.2 Å². The third-order valence-corrected chi connectivity index (χ3v) is 5.80. The van der Waals surface area contributed by atoms with Crippen molar-refractivity contribution in [3.05, 3.63) is 98.8 Å². The van der Waals surface area contributed by atoms with Crippen LogP contribution in [0.25, 0.3) is 6.08 Å². The number of esters is 2. The van der Waals surface area contributed by atoms with Crippen LogP contribution in [0.4, 0.5) is 0 Å². The number of dihydropyridines is 1. The monoisotopic (exact) mass is 520 g/mol. The minimum absolute atomic E-state index is 0.0219. The molecule has 6 nitrogen and oxygen atoms in total. The van der Waals surface area contributed by atoms with Crippen LogP contribution in [-0.4, -0.2) is 25.2 Å². The second-order valence-corrected chi connectivity index (χ2v) is 8.56. The SMILES string of the molecule is CC1=C(C(=O)OCC=Cc2ccccc2)C(c2ccc(Br)cc2)C(C(=O)OCCC#N)=C(C)N1. The van der Waals surface area contributed by atoms with E-state index in [0.29, 0.717) is 22.5 Å². The molecule has 0 bridgehead atoms. The summed E-state index contributed by atoms with van der Waals surface area (Å²) in [6, 6.07) is 19.1. The topological polar surface area (TPSA) is 88.4 Å². The van der Waals surface area contributed by atoms with Crippen molar-refractivity contribution in [1.82, 2.24) is 5.32 Å². The number of rotatable bonds is 8. The van der Waals surface area contributed by atoms with Gasteiger partial charge >= 0.3 is 11.9 Å². The number of allylic oxidation sites excluding steroid dienone is 2. The number of ether oxygens (including phenoxy) is 2. The van der Waals surface area contributed by atoms with Crippen molar-refractivity contribution in [3.8, 4) is 6.07 Å². The van der Waals surface area contributed by atoms with Crippen LogP contribution in [0, 0.1) is 11.3 Å². The summed E-state index contributed by atoms with van der Waals surface area (Å²) in [5.74, 6) is -1.77. The molecule has 0 fully saturated rings. The van der Waals surface area contributed by atoms with Crippen molar-refractivity contribution in [3.63, 3.8) is 0 Å². The number of halogens is 1. The lowest BCUT2D eigenvalue weighted by Gasteiger charge is -2.30. The van der Waals surface area contributed by atoms with Crippen molar-refractivity contribution >= 4 is 33.9 Å². The fourth-order valence-corrected chi connectivity index (χ4v) is 4.01. The van der Waals surface area contributed by atoms with E-state index in [1.165, 1.54) is 0 Å². The van der Waals surface area contributed by atoms with Crippen LogP contribution in [0.1, 0.15) is 37.3 Å². The molecule has 34 heavy (non-hydrogen) atoms. The van der Waals surface area contributed by atoms with E-state index in [2.05, 4.69) is 21.2 Å². The van der Waals surface area contributed by atoms with Crippen LogP contribution in [0.15, 0.2) is 87.7 Å². The Hall–Kier alpha value is -3.63. The molecular formula is C27H25BrN2O4. The third-order valence-electron chi connectivity index (χ3n) is 5.27. The van der Waals surface area contributed by atoms with E-state index in [4.69, 9.17) is 14.7 Å². The van der Waals surface area contributed by atoms with E-state index in [9.17, 15) is 9.59 Å². The normalized spacial score (nSPS) is 15.6. The summed E-state index contributed by atoms with van der Waals surface area (Å²) in [5.41, 5.74) is 3.61. The molecule has 1 heterocycles. The summed E-state index contributed by atoms with van der Waals surface area (Å²) < 4.78 is 11.8. The zero-order valence-electron chi connectivity index (χ0n) is 19.0. The van der Waals surface area contributed by atoms with E-state index in [1.54, 1.807) is 19.9 Å². The first-order chi connectivity index (χ1) is 16.4. The van der Waals surface area contributed by atoms with Gasteiger partial charge in [-0.2, -0.15) is 5.26 Å². The van der Waals surface area contributed by atoms with Crippen molar-refractivity contribution in [1.29, 1.82) is 5.26 Å². The smallest absolute Gasteiger partial charge is 0.337 e. The molecule has 3 rings (SSSR count). The highest BCUT2D eigenvalue weighted by molar-refractivity contribution is 9.10. The maximum absolute atomic E-state index is 13.2. The predicted molar refractivity (Wildman–Crippen MR) is 133 cm³/mol. The Morgan fingerprint density at radius 1 is 1.00 bits per heavy atom. The molecule has 0 aromatic heterocycles. The molecule has 0 amide bonds. The first kappa shape index (κ1) is 25.0. The Kier molecular flexibility index (Phi) is 8.83. The molecule has 7 heteroatoms. The lowest BCUT2D eigenvalue weighted by molar-refractivity contribution is -0.139. The molecule has 0 saturated carbocycles. The van der Waals surface area contributed by atoms with Gasteiger partial charge in [-0.1, -0.05) is 64.5 Å². The van der Waals surface area contributed by atoms with Gasteiger partial charge in [0, 0.05) is 15.9 Å². The summed E-state index contributed by atoms with van der Waals surface area (Å²) in [6.45, 7) is 3.61. The average Bonchev–Trinajstić information content (AvgIpc) is 2.82. The third kappa shape index (κ3) is 6.24. The van der Waals surface area contributed by atoms with Crippen LogP contribution in [0.5, 0.6) is 0 Å². The summed E-state index contributed by atoms with van der Waals surface area (Å²) in [4.78, 5) is 26.2. The summed E-state index contributed by atoms with van der Waals surface area (Å²) >= 11 is 3.43. The Balaban J connectivity index is 1.88. The van der Waals surface area contributed by atoms with Crippen LogP contribution < -0.4 is 5.32 Å². The van der Waals surface area contributed by atoms with Crippen molar-refractivity contribution in [2.24, 2.45) is 0 Å². The van der Waals surface area contributed by atoms with Crippen LogP contribution in [0.3, 0.4) is 0 Å². The Labute approximate surface area is 207 Å². The molecule has 0 spiro atoms. The van der Waals surface area contributed by atoms with Gasteiger partial charge in [0.25, 0.3) is 0 Å². The molecule has 0 aliphatic carbocycles. The van der Waals surface area contributed by atoms with Gasteiger partial charge in [0.15, 0.2) is 0 Å². The molecule has 1 aliphatic heterocycles. The number of carbonyl (C=O) groups excluding carboxylic acids is 2. The van der Waals surface area contributed by atoms with Gasteiger partial charge in [-0.05, 0) is 43.2 Å². The van der Waals surface area contributed by atoms with Gasteiger partial charge in [0.2, 0.25) is 0 Å². The maximum Gasteiger partial charge on any atom is 0.337 e. The van der Waals surface area contributed by atoms with E-state index in [-0.39, 0.29) is 19.6 Å². The highest BCUT2D eigenvalue weighted by atomic mass is 79.9. The number of hydrogen-bond donors (Lipinski definition) is 1. The summed E-state index contributed by atoms with van der Waals surface area (Å²) in [5, 5.41) is 11.9. The van der Waals surface area contributed by atoms with E-state index in [0.717, 1.165) is 15.6 Å². The Morgan fingerprint density at radius 2 is 1.62 bits per heavy atom. The van der Waals surface area contributed by atoms with E-state index >= 15 is 0 Å². The van der Waals surface area contributed by atoms with Crippen LogP contribution >= 0.6 is 15.9 Å². The van der Waals surface area contributed by atoms with Gasteiger partial charge in [0.1, 0.15) is 13.2 Å². The van der Waals surface area contributed by atoms with Gasteiger partial charge in [-0.15, -0.1) is 0 Å². The first-order valence-electron chi connectivity index (χ1n) is 10.8. The minimum Gasteiger partial charge on any atom is -0.461 e. The fourth-order valence-electron chi connectivity index (χ4n) is 3.74. The molecule has 1 N–H and O–H groups in total.